The zero-order valence-corrected chi connectivity index (χ0v) is 78.2. The largest absolute Gasteiger partial charge is 0.465 e. The molecule has 672 valence electrons. The van der Waals surface area contributed by atoms with E-state index >= 15 is 0 Å². The third-order valence-corrected chi connectivity index (χ3v) is 24.2. The number of ether oxygens (including phenoxy) is 4. The van der Waals surface area contributed by atoms with Crippen molar-refractivity contribution in [1.29, 1.82) is 0 Å². The van der Waals surface area contributed by atoms with E-state index in [1.807, 2.05) is 27.7 Å². The Bertz CT molecular complexity index is 2100. The fraction of sp³-hybridized carbons (Fsp3) is 0.920. The molecule has 0 bridgehead atoms. The minimum absolute atomic E-state index is 0.00907. The molecule has 2 N–H and O–H groups in total. The standard InChI is InChI=1S/C100H192N4O10/c1-15-21-27-33-39-41-43-53-67-87-111-93(107)97(7,8)77-61-65-83-103(81-63-51-49-59-75-99(11,12)95(109)113-89(69-55-45-35-29-23-17-3)70-56-46-36-30-24-18-4)85-79-101-91(105)73-74-92(106)102-80-86-104(84-66-62-78-98(9,10)94(108)112-88-68-54-44-42-40-34-28-22-16-2)82-64-52-50-60-76-100(13,14)96(110)114-90(71-57-47-37-31-25-19-5)72-58-48-38-32-26-20-6/h73-74,89-90H,15-72,75-88H2,1-14H3,(H,101,105)(H,102,106)/b74-73+. The molecule has 0 fully saturated rings. The number of amides is 2. The van der Waals surface area contributed by atoms with Crippen LogP contribution in [0.1, 0.15) is 495 Å². The number of hydrogen-bond donors (Lipinski definition) is 2. The number of unbranched alkanes of at least 4 members (excludes halogenated alkanes) is 44. The highest BCUT2D eigenvalue weighted by atomic mass is 16.6. The number of esters is 4. The first-order valence-corrected chi connectivity index (χ1v) is 49.4. The second-order valence-electron chi connectivity index (χ2n) is 37.6. The van der Waals surface area contributed by atoms with E-state index in [1.54, 1.807) is 0 Å². The van der Waals surface area contributed by atoms with E-state index in [-0.39, 0.29) is 47.9 Å². The predicted molar refractivity (Wildman–Crippen MR) is 485 cm³/mol. The maximum Gasteiger partial charge on any atom is 0.311 e. The Labute approximate surface area is 706 Å². The van der Waals surface area contributed by atoms with Gasteiger partial charge in [-0.15, -0.1) is 0 Å². The molecule has 0 aromatic rings. The van der Waals surface area contributed by atoms with Gasteiger partial charge in [0.15, 0.2) is 0 Å². The molecule has 0 radical (unpaired) electrons. The predicted octanol–water partition coefficient (Wildman–Crippen LogP) is 27.7. The second kappa shape index (κ2) is 75.7. The van der Waals surface area contributed by atoms with Crippen molar-refractivity contribution in [1.82, 2.24) is 20.4 Å². The SMILES string of the molecule is CCCCCCCCCCCOC(=O)C(C)(C)CCCCN(CCCCCCC(C)(C)C(=O)OC(CCCCCCCC)CCCCCCCC)CCNC(=O)/C=C/C(=O)NCCN(CCCCCCC(C)(C)C(=O)OC(CCCCCCCC)CCCCCCCC)CCCCC(C)(C)C(=O)OCCCCCCCCCCC. The zero-order chi connectivity index (χ0) is 84.3. The normalized spacial score (nSPS) is 12.3. The number of hydrogen-bond acceptors (Lipinski definition) is 12. The summed E-state index contributed by atoms with van der Waals surface area (Å²) in [7, 11) is 0. The van der Waals surface area contributed by atoms with E-state index in [2.05, 4.69) is 89.7 Å². The molecule has 14 heteroatoms. The van der Waals surface area contributed by atoms with Crippen LogP contribution in [0, 0.1) is 21.7 Å². The fourth-order valence-corrected chi connectivity index (χ4v) is 15.6. The summed E-state index contributed by atoms with van der Waals surface area (Å²) in [5.41, 5.74) is -2.20. The van der Waals surface area contributed by atoms with E-state index in [9.17, 15) is 28.8 Å². The molecule has 0 rings (SSSR count). The first kappa shape index (κ1) is 110. The highest BCUT2D eigenvalue weighted by Gasteiger charge is 2.34. The van der Waals surface area contributed by atoms with Crippen LogP contribution in [0.15, 0.2) is 12.2 Å². The zero-order valence-electron chi connectivity index (χ0n) is 78.2. The molecular weight excluding hydrogens is 1420 g/mol. The van der Waals surface area contributed by atoms with Crippen LogP contribution in [0.4, 0.5) is 0 Å². The Morgan fingerprint density at radius 1 is 0.254 bits per heavy atom. The number of carbonyl (C=O) groups is 6. The van der Waals surface area contributed by atoms with E-state index in [0.717, 1.165) is 206 Å². The van der Waals surface area contributed by atoms with Gasteiger partial charge in [0.2, 0.25) is 11.8 Å². The number of nitrogens with one attached hydrogen (secondary N) is 2. The summed E-state index contributed by atoms with van der Waals surface area (Å²) in [5.74, 6) is -0.927. The number of rotatable bonds is 86. The van der Waals surface area contributed by atoms with Crippen molar-refractivity contribution in [3.8, 4) is 0 Å². The Morgan fingerprint density at radius 3 is 0.719 bits per heavy atom. The van der Waals surface area contributed by atoms with Crippen molar-refractivity contribution in [2.45, 2.75) is 507 Å². The summed E-state index contributed by atoms with van der Waals surface area (Å²) < 4.78 is 24.4. The molecule has 0 atom stereocenters. The van der Waals surface area contributed by atoms with Gasteiger partial charge in [-0.1, -0.05) is 324 Å². The molecule has 114 heavy (non-hydrogen) atoms. The van der Waals surface area contributed by atoms with Crippen molar-refractivity contribution in [3.05, 3.63) is 12.2 Å². The van der Waals surface area contributed by atoms with Crippen LogP contribution in [0.3, 0.4) is 0 Å². The van der Waals surface area contributed by atoms with Gasteiger partial charge >= 0.3 is 23.9 Å². The lowest BCUT2D eigenvalue weighted by Gasteiger charge is -2.27. The Hall–Kier alpha value is -3.52. The second-order valence-corrected chi connectivity index (χ2v) is 37.6. The van der Waals surface area contributed by atoms with E-state index in [0.29, 0.717) is 39.4 Å². The molecule has 0 saturated heterocycles. The number of carbonyl (C=O) groups excluding carboxylic acids is 6. The van der Waals surface area contributed by atoms with Crippen molar-refractivity contribution in [2.24, 2.45) is 21.7 Å². The Morgan fingerprint density at radius 2 is 0.456 bits per heavy atom. The van der Waals surface area contributed by atoms with Crippen LogP contribution >= 0.6 is 0 Å². The maximum atomic E-state index is 13.8. The van der Waals surface area contributed by atoms with Gasteiger partial charge in [-0.05, 0) is 197 Å². The van der Waals surface area contributed by atoms with Crippen LogP contribution < -0.4 is 10.6 Å². The molecule has 0 heterocycles. The summed E-state index contributed by atoms with van der Waals surface area (Å²) in [6, 6.07) is 0. The summed E-state index contributed by atoms with van der Waals surface area (Å²) in [4.78, 5) is 85.8. The number of nitrogens with zero attached hydrogens (tertiary/aromatic N) is 2. The van der Waals surface area contributed by atoms with Crippen LogP contribution in [0.2, 0.25) is 0 Å². The van der Waals surface area contributed by atoms with Gasteiger partial charge in [0.25, 0.3) is 0 Å². The minimum Gasteiger partial charge on any atom is -0.465 e. The molecule has 0 aliphatic carbocycles. The first-order chi connectivity index (χ1) is 54.9. The lowest BCUT2D eigenvalue weighted by atomic mass is 9.86. The molecule has 0 spiro atoms. The summed E-state index contributed by atoms with van der Waals surface area (Å²) in [6.45, 7) is 36.5. The first-order valence-electron chi connectivity index (χ1n) is 49.4. The van der Waals surface area contributed by atoms with Crippen molar-refractivity contribution in [2.75, 3.05) is 65.6 Å². The van der Waals surface area contributed by atoms with Gasteiger partial charge in [-0.3, -0.25) is 28.8 Å². The van der Waals surface area contributed by atoms with Crippen molar-refractivity contribution < 1.29 is 47.7 Å². The van der Waals surface area contributed by atoms with Gasteiger partial charge in [0.1, 0.15) is 12.2 Å². The lowest BCUT2D eigenvalue weighted by molar-refractivity contribution is -0.161. The lowest BCUT2D eigenvalue weighted by Crippen LogP contribution is -2.36. The van der Waals surface area contributed by atoms with Gasteiger partial charge in [0, 0.05) is 38.3 Å². The van der Waals surface area contributed by atoms with Crippen molar-refractivity contribution in [3.63, 3.8) is 0 Å². The highest BCUT2D eigenvalue weighted by molar-refractivity contribution is 5.96. The Balaban J connectivity index is 5.93. The monoisotopic (exact) mass is 1610 g/mol. The highest BCUT2D eigenvalue weighted by Crippen LogP contribution is 2.32. The summed E-state index contributed by atoms with van der Waals surface area (Å²) >= 11 is 0. The van der Waals surface area contributed by atoms with Crippen LogP contribution in [0.25, 0.3) is 0 Å². The van der Waals surface area contributed by atoms with Gasteiger partial charge < -0.3 is 39.4 Å². The fourth-order valence-electron chi connectivity index (χ4n) is 15.6. The molecule has 0 saturated carbocycles. The third kappa shape index (κ3) is 66.3. The quantitative estimate of drug-likeness (QED) is 0.0256. The molecule has 14 nitrogen and oxygen atoms in total. The van der Waals surface area contributed by atoms with Crippen LogP contribution in [-0.2, 0) is 47.7 Å². The molecule has 0 aromatic heterocycles. The smallest absolute Gasteiger partial charge is 0.311 e. The third-order valence-electron chi connectivity index (χ3n) is 24.2. The van der Waals surface area contributed by atoms with Gasteiger partial charge in [0.05, 0.1) is 34.9 Å². The molecule has 0 unspecified atom stereocenters. The van der Waals surface area contributed by atoms with Gasteiger partial charge in [-0.25, -0.2) is 0 Å². The van der Waals surface area contributed by atoms with Gasteiger partial charge in [-0.2, -0.15) is 0 Å². The van der Waals surface area contributed by atoms with Crippen LogP contribution in [-0.4, -0.2) is 123 Å². The van der Waals surface area contributed by atoms with Crippen molar-refractivity contribution >= 4 is 35.7 Å². The average molecular weight is 1610 g/mol. The molecule has 0 aliphatic rings. The summed E-state index contributed by atoms with van der Waals surface area (Å²) in [5, 5.41) is 6.11. The van der Waals surface area contributed by atoms with E-state index in [4.69, 9.17) is 18.9 Å². The van der Waals surface area contributed by atoms with E-state index in [1.165, 1.54) is 230 Å². The Kier molecular flexibility index (Phi) is 73.3. The summed E-state index contributed by atoms with van der Waals surface area (Å²) in [6.07, 6.45) is 73.0. The molecular formula is C100H192N4O10. The van der Waals surface area contributed by atoms with E-state index < -0.39 is 21.7 Å². The molecule has 0 aliphatic heterocycles. The molecule has 0 aromatic carbocycles. The average Bonchev–Trinajstić information content (AvgIpc) is 0.889. The molecule has 2 amide bonds. The van der Waals surface area contributed by atoms with Crippen LogP contribution in [0.5, 0.6) is 0 Å². The minimum atomic E-state index is -0.564. The topological polar surface area (TPSA) is 170 Å². The maximum absolute atomic E-state index is 13.8.